The van der Waals surface area contributed by atoms with Crippen molar-refractivity contribution in [3.8, 4) is 6.07 Å². The molecule has 0 aliphatic carbocycles. The molecule has 0 saturated carbocycles. The summed E-state index contributed by atoms with van der Waals surface area (Å²) < 4.78 is 1.82. The highest BCUT2D eigenvalue weighted by Crippen LogP contribution is 2.24. The lowest BCUT2D eigenvalue weighted by atomic mass is 10.1. The van der Waals surface area contributed by atoms with Crippen LogP contribution >= 0.6 is 0 Å². The highest BCUT2D eigenvalue weighted by molar-refractivity contribution is 6.07. The molecule has 7 heteroatoms. The van der Waals surface area contributed by atoms with Gasteiger partial charge in [0.25, 0.3) is 11.8 Å². The standard InChI is InChI=1S/C23H21N5O2/c1-15-8-2-4-10-17(15)25-22(29)20-19-12-6-7-13-28(19)21(27-20)23(30)26-18-11-5-3-9-16(18)14-24/h2-5,8-11H,6-7,12-13H2,1H3,(H,25,29)(H,26,30). The number of hydrogen-bond acceptors (Lipinski definition) is 4. The number of hydrogen-bond donors (Lipinski definition) is 2. The van der Waals surface area contributed by atoms with E-state index in [1.165, 1.54) is 0 Å². The van der Waals surface area contributed by atoms with Gasteiger partial charge < -0.3 is 15.2 Å². The van der Waals surface area contributed by atoms with E-state index in [0.717, 1.165) is 24.1 Å². The summed E-state index contributed by atoms with van der Waals surface area (Å²) in [5.74, 6) is -0.574. The largest absolute Gasteiger partial charge is 0.323 e. The zero-order chi connectivity index (χ0) is 21.1. The lowest BCUT2D eigenvalue weighted by molar-refractivity contribution is 0.101. The second kappa shape index (κ2) is 8.21. The Morgan fingerprint density at radius 2 is 1.70 bits per heavy atom. The zero-order valence-electron chi connectivity index (χ0n) is 16.6. The minimum Gasteiger partial charge on any atom is -0.323 e. The van der Waals surface area contributed by atoms with Crippen LogP contribution in [-0.4, -0.2) is 21.4 Å². The fourth-order valence-corrected chi connectivity index (χ4v) is 3.66. The number of carbonyl (C=O) groups is 2. The molecule has 30 heavy (non-hydrogen) atoms. The van der Waals surface area contributed by atoms with Gasteiger partial charge in [-0.15, -0.1) is 0 Å². The number of aromatic nitrogens is 2. The van der Waals surface area contributed by atoms with Crippen molar-refractivity contribution in [1.82, 2.24) is 9.55 Å². The average Bonchev–Trinajstić information content (AvgIpc) is 3.16. The Morgan fingerprint density at radius 1 is 1.00 bits per heavy atom. The average molecular weight is 399 g/mol. The molecule has 0 atom stereocenters. The summed E-state index contributed by atoms with van der Waals surface area (Å²) in [5.41, 5.74) is 3.50. The summed E-state index contributed by atoms with van der Waals surface area (Å²) in [7, 11) is 0. The van der Waals surface area contributed by atoms with Gasteiger partial charge in [-0.25, -0.2) is 4.98 Å². The summed E-state index contributed by atoms with van der Waals surface area (Å²) in [5, 5.41) is 14.9. The molecule has 4 rings (SSSR count). The molecule has 0 bridgehead atoms. The van der Waals surface area contributed by atoms with Crippen LogP contribution in [0, 0.1) is 18.3 Å². The number of nitrogens with zero attached hydrogens (tertiary/aromatic N) is 3. The van der Waals surface area contributed by atoms with E-state index in [1.807, 2.05) is 35.8 Å². The van der Waals surface area contributed by atoms with Gasteiger partial charge in [0, 0.05) is 12.2 Å². The molecule has 1 aromatic heterocycles. The third kappa shape index (κ3) is 3.67. The Labute approximate surface area is 174 Å². The van der Waals surface area contributed by atoms with Gasteiger partial charge in [0.05, 0.1) is 16.9 Å². The normalized spacial score (nSPS) is 12.5. The number of imidazole rings is 1. The number of nitrogens with one attached hydrogen (secondary N) is 2. The van der Waals surface area contributed by atoms with Crippen molar-refractivity contribution >= 4 is 23.2 Å². The van der Waals surface area contributed by atoms with Crippen LogP contribution in [0.2, 0.25) is 0 Å². The number of amides is 2. The van der Waals surface area contributed by atoms with Gasteiger partial charge in [-0.1, -0.05) is 30.3 Å². The molecule has 0 fully saturated rings. The molecular weight excluding hydrogens is 378 g/mol. The first-order valence-electron chi connectivity index (χ1n) is 9.85. The topological polar surface area (TPSA) is 99.8 Å². The SMILES string of the molecule is Cc1ccccc1NC(=O)c1nc(C(=O)Nc2ccccc2C#N)n2c1CCCC2. The lowest BCUT2D eigenvalue weighted by Crippen LogP contribution is -2.21. The summed E-state index contributed by atoms with van der Waals surface area (Å²) in [6.45, 7) is 2.55. The molecule has 1 aliphatic heterocycles. The fourth-order valence-electron chi connectivity index (χ4n) is 3.66. The highest BCUT2D eigenvalue weighted by Gasteiger charge is 2.28. The number of aryl methyl sites for hydroxylation is 1. The molecule has 2 amide bonds. The lowest BCUT2D eigenvalue weighted by Gasteiger charge is -2.17. The summed E-state index contributed by atoms with van der Waals surface area (Å²) in [4.78, 5) is 30.4. The van der Waals surface area contributed by atoms with E-state index in [1.54, 1.807) is 24.3 Å². The second-order valence-corrected chi connectivity index (χ2v) is 7.22. The summed E-state index contributed by atoms with van der Waals surface area (Å²) >= 11 is 0. The maximum Gasteiger partial charge on any atom is 0.291 e. The van der Waals surface area contributed by atoms with Crippen LogP contribution in [0.5, 0.6) is 0 Å². The molecule has 0 unspecified atom stereocenters. The molecule has 0 spiro atoms. The molecule has 2 aromatic carbocycles. The monoisotopic (exact) mass is 399 g/mol. The van der Waals surface area contributed by atoms with E-state index < -0.39 is 5.91 Å². The molecule has 0 saturated heterocycles. The van der Waals surface area contributed by atoms with Gasteiger partial charge in [0.15, 0.2) is 11.5 Å². The second-order valence-electron chi connectivity index (χ2n) is 7.22. The van der Waals surface area contributed by atoms with Crippen molar-refractivity contribution in [2.24, 2.45) is 0 Å². The molecule has 7 nitrogen and oxygen atoms in total. The molecule has 3 aromatic rings. The smallest absolute Gasteiger partial charge is 0.291 e. The minimum atomic E-state index is -0.434. The van der Waals surface area contributed by atoms with E-state index >= 15 is 0 Å². The maximum absolute atomic E-state index is 13.0. The Morgan fingerprint density at radius 3 is 2.47 bits per heavy atom. The number of rotatable bonds is 4. The molecular formula is C23H21N5O2. The van der Waals surface area contributed by atoms with E-state index in [9.17, 15) is 14.9 Å². The molecule has 150 valence electrons. The first-order chi connectivity index (χ1) is 14.6. The van der Waals surface area contributed by atoms with Crippen molar-refractivity contribution in [3.63, 3.8) is 0 Å². The van der Waals surface area contributed by atoms with E-state index in [2.05, 4.69) is 21.7 Å². The molecule has 1 aliphatic rings. The Hall–Kier alpha value is -3.92. The van der Waals surface area contributed by atoms with Crippen molar-refractivity contribution in [1.29, 1.82) is 5.26 Å². The predicted octanol–water partition coefficient (Wildman–Crippen LogP) is 3.90. The van der Waals surface area contributed by atoms with Crippen LogP contribution in [-0.2, 0) is 13.0 Å². The van der Waals surface area contributed by atoms with Gasteiger partial charge in [0.1, 0.15) is 6.07 Å². The van der Waals surface area contributed by atoms with Gasteiger partial charge in [-0.2, -0.15) is 5.26 Å². The fraction of sp³-hybridized carbons (Fsp3) is 0.217. The Kier molecular flexibility index (Phi) is 5.31. The minimum absolute atomic E-state index is 0.187. The third-order valence-electron chi connectivity index (χ3n) is 5.22. The molecule has 2 N–H and O–H groups in total. The maximum atomic E-state index is 13.0. The van der Waals surface area contributed by atoms with Crippen molar-refractivity contribution < 1.29 is 9.59 Å². The number of fused-ring (bicyclic) bond motifs is 1. The number of benzene rings is 2. The number of para-hydroxylation sites is 2. The van der Waals surface area contributed by atoms with E-state index in [4.69, 9.17) is 0 Å². The van der Waals surface area contributed by atoms with E-state index in [-0.39, 0.29) is 17.4 Å². The van der Waals surface area contributed by atoms with Crippen molar-refractivity contribution in [2.75, 3.05) is 10.6 Å². The zero-order valence-corrected chi connectivity index (χ0v) is 16.6. The Balaban J connectivity index is 1.66. The predicted molar refractivity (Wildman–Crippen MR) is 113 cm³/mol. The van der Waals surface area contributed by atoms with Gasteiger partial charge in [-0.3, -0.25) is 9.59 Å². The van der Waals surface area contributed by atoms with Crippen molar-refractivity contribution in [3.05, 3.63) is 76.9 Å². The summed E-state index contributed by atoms with van der Waals surface area (Å²) in [6, 6.07) is 16.4. The van der Waals surface area contributed by atoms with Crippen LogP contribution in [0.1, 0.15) is 50.8 Å². The first-order valence-corrected chi connectivity index (χ1v) is 9.85. The van der Waals surface area contributed by atoms with E-state index in [0.29, 0.717) is 29.9 Å². The van der Waals surface area contributed by atoms with Crippen molar-refractivity contribution in [2.45, 2.75) is 32.7 Å². The van der Waals surface area contributed by atoms with Crippen LogP contribution in [0.3, 0.4) is 0 Å². The molecule has 0 radical (unpaired) electrons. The first kappa shape index (κ1) is 19.4. The molecule has 2 heterocycles. The Bertz CT molecular complexity index is 1170. The third-order valence-corrected chi connectivity index (χ3v) is 5.22. The van der Waals surface area contributed by atoms with Crippen LogP contribution < -0.4 is 10.6 Å². The van der Waals surface area contributed by atoms with Gasteiger partial charge in [-0.05, 0) is 49.9 Å². The number of carbonyl (C=O) groups excluding carboxylic acids is 2. The number of anilines is 2. The van der Waals surface area contributed by atoms with Gasteiger partial charge >= 0.3 is 0 Å². The quantitative estimate of drug-likeness (QED) is 0.695. The van der Waals surface area contributed by atoms with Gasteiger partial charge in [0.2, 0.25) is 0 Å². The number of nitriles is 1. The summed E-state index contributed by atoms with van der Waals surface area (Å²) in [6.07, 6.45) is 2.54. The van der Waals surface area contributed by atoms with Crippen LogP contribution in [0.25, 0.3) is 0 Å². The van der Waals surface area contributed by atoms with Crippen LogP contribution in [0.4, 0.5) is 11.4 Å². The highest BCUT2D eigenvalue weighted by atomic mass is 16.2. The van der Waals surface area contributed by atoms with Crippen LogP contribution in [0.15, 0.2) is 48.5 Å².